The minimum absolute atomic E-state index is 0.0824. The molecule has 0 bridgehead atoms. The second kappa shape index (κ2) is 12.1. The topological polar surface area (TPSA) is 23.6 Å². The van der Waals surface area contributed by atoms with Gasteiger partial charge in [-0.05, 0) is 74.2 Å². The van der Waals surface area contributed by atoms with Gasteiger partial charge in [-0.3, -0.25) is 9.69 Å². The maximum absolute atomic E-state index is 14.6. The van der Waals surface area contributed by atoms with Crippen LogP contribution in [0.25, 0.3) is 11.1 Å². The Morgan fingerprint density at radius 1 is 0.587 bits per heavy atom. The maximum atomic E-state index is 14.6. The molecule has 1 amide bonds. The van der Waals surface area contributed by atoms with Gasteiger partial charge in [-0.15, -0.1) is 0 Å². The van der Waals surface area contributed by atoms with E-state index in [1.165, 1.54) is 50.2 Å². The summed E-state index contributed by atoms with van der Waals surface area (Å²) in [5, 5.41) is 0. The van der Waals surface area contributed by atoms with Crippen molar-refractivity contribution in [3.63, 3.8) is 0 Å². The van der Waals surface area contributed by atoms with Gasteiger partial charge in [0.25, 0.3) is 0 Å². The highest BCUT2D eigenvalue weighted by Gasteiger charge is 2.43. The van der Waals surface area contributed by atoms with Gasteiger partial charge < -0.3 is 4.90 Å². The van der Waals surface area contributed by atoms with Crippen molar-refractivity contribution in [2.45, 2.75) is 105 Å². The van der Waals surface area contributed by atoms with Gasteiger partial charge >= 0.3 is 0 Å². The molecule has 0 saturated carbocycles. The first-order valence-electron chi connectivity index (χ1n) is 17.3. The second-order valence-corrected chi connectivity index (χ2v) is 15.1. The van der Waals surface area contributed by atoms with Crippen LogP contribution in [0.3, 0.4) is 0 Å². The zero-order valence-electron chi connectivity index (χ0n) is 29.5. The lowest BCUT2D eigenvalue weighted by molar-refractivity contribution is -0.118. The summed E-state index contributed by atoms with van der Waals surface area (Å²) >= 11 is 0. The van der Waals surface area contributed by atoms with Crippen molar-refractivity contribution in [2.75, 3.05) is 16.3 Å². The number of nitrogens with zero attached hydrogens (tertiary/aromatic N) is 2. The zero-order valence-corrected chi connectivity index (χ0v) is 29.5. The molecule has 46 heavy (non-hydrogen) atoms. The molecule has 1 aliphatic carbocycles. The lowest BCUT2D eigenvalue weighted by atomic mass is 9.82. The summed E-state index contributed by atoms with van der Waals surface area (Å²) in [4.78, 5) is 19.2. The fourth-order valence-corrected chi connectivity index (χ4v) is 7.85. The Kier molecular flexibility index (Phi) is 8.42. The third-order valence-electron chi connectivity index (χ3n) is 10.3. The number of hydrogen-bond acceptors (Lipinski definition) is 2. The van der Waals surface area contributed by atoms with Crippen LogP contribution < -0.4 is 9.80 Å². The molecule has 1 radical (unpaired) electrons. The molecule has 0 unspecified atom stereocenters. The number of amides is 1. The molecule has 1 saturated heterocycles. The van der Waals surface area contributed by atoms with Crippen LogP contribution in [0.2, 0.25) is 0 Å². The molecule has 4 aromatic carbocycles. The van der Waals surface area contributed by atoms with E-state index < -0.39 is 0 Å². The average Bonchev–Trinajstić information content (AvgIpc) is 3.25. The molecule has 2 aliphatic rings. The Balaban J connectivity index is 1.68. The van der Waals surface area contributed by atoms with E-state index in [4.69, 9.17) is 0 Å². The molecule has 6 rings (SSSR count). The van der Waals surface area contributed by atoms with Gasteiger partial charge in [0.1, 0.15) is 0 Å². The second-order valence-electron chi connectivity index (χ2n) is 15.1. The van der Waals surface area contributed by atoms with Crippen LogP contribution in [0.4, 0.5) is 11.4 Å². The lowest BCUT2D eigenvalue weighted by Gasteiger charge is -2.47. The number of para-hydroxylation sites is 2. The van der Waals surface area contributed by atoms with E-state index in [9.17, 15) is 4.79 Å². The number of rotatable bonds is 7. The number of fused-ring (bicyclic) bond motifs is 3. The first-order chi connectivity index (χ1) is 21.8. The average molecular weight is 612 g/mol. The minimum atomic E-state index is -0.0824. The summed E-state index contributed by atoms with van der Waals surface area (Å²) in [5.41, 5.74) is 13.7. The van der Waals surface area contributed by atoms with Crippen LogP contribution in [-0.4, -0.2) is 12.5 Å². The van der Waals surface area contributed by atoms with Crippen molar-refractivity contribution in [1.29, 1.82) is 0 Å². The van der Waals surface area contributed by atoms with Gasteiger partial charge in [-0.25, -0.2) is 0 Å². The summed E-state index contributed by atoms with van der Waals surface area (Å²) < 4.78 is 0. The molecule has 3 nitrogen and oxygen atoms in total. The molecule has 3 heteroatoms. The fraction of sp³-hybridized carbons (Fsp3) is 0.395. The van der Waals surface area contributed by atoms with Crippen molar-refractivity contribution in [3.05, 3.63) is 124 Å². The van der Waals surface area contributed by atoms with Crippen LogP contribution in [0, 0.1) is 6.17 Å². The van der Waals surface area contributed by atoms with Gasteiger partial charge in [-0.2, -0.15) is 0 Å². The summed E-state index contributed by atoms with van der Waals surface area (Å²) in [6.07, 6.45) is 1.43. The minimum Gasteiger partial charge on any atom is -0.340 e. The van der Waals surface area contributed by atoms with Crippen molar-refractivity contribution >= 4 is 17.3 Å². The predicted molar refractivity (Wildman–Crippen MR) is 195 cm³/mol. The summed E-state index contributed by atoms with van der Waals surface area (Å²) in [5.74, 6) is 1.36. The first-order valence-corrected chi connectivity index (χ1v) is 17.3. The molecule has 239 valence electrons. The molecule has 1 aliphatic heterocycles. The Morgan fingerprint density at radius 3 is 1.63 bits per heavy atom. The highest BCUT2D eigenvalue weighted by atomic mass is 16.2. The van der Waals surface area contributed by atoms with Crippen molar-refractivity contribution < 1.29 is 4.79 Å². The SMILES string of the molecule is CC(C)c1cccc(C(C)C)c1N1CCC(=O)N(c2c(C(C)C)cccc2C(C)C)[C]1c1ccc2c(c1)-c1ccccc1C2(C)C. The highest BCUT2D eigenvalue weighted by Crippen LogP contribution is 2.51. The van der Waals surface area contributed by atoms with Crippen molar-refractivity contribution in [3.8, 4) is 11.1 Å². The molecular formula is C43H51N2O. The van der Waals surface area contributed by atoms with Gasteiger partial charge in [0.2, 0.25) is 5.91 Å². The Morgan fingerprint density at radius 2 is 1.09 bits per heavy atom. The van der Waals surface area contributed by atoms with E-state index in [1.54, 1.807) is 0 Å². The molecular weight excluding hydrogens is 560 g/mol. The lowest BCUT2D eigenvalue weighted by Crippen LogP contribution is -2.53. The summed E-state index contributed by atoms with van der Waals surface area (Å²) in [7, 11) is 0. The monoisotopic (exact) mass is 611 g/mol. The third-order valence-corrected chi connectivity index (χ3v) is 10.3. The van der Waals surface area contributed by atoms with Crippen molar-refractivity contribution in [2.24, 2.45) is 0 Å². The smallest absolute Gasteiger partial charge is 0.231 e. The summed E-state index contributed by atoms with van der Waals surface area (Å²) in [6.45, 7) is 23.4. The molecule has 0 spiro atoms. The molecule has 0 N–H and O–H groups in total. The Bertz CT molecular complexity index is 1720. The maximum Gasteiger partial charge on any atom is 0.231 e. The summed E-state index contributed by atoms with van der Waals surface area (Å²) in [6, 6.07) is 29.2. The van der Waals surface area contributed by atoms with Crippen LogP contribution in [-0.2, 0) is 10.2 Å². The standard InChI is InChI=1S/C43H51N2O/c1-26(2)31-16-13-17-32(27(3)4)40(31)44-24-23-39(46)45(41-33(28(5)6)18-14-19-34(41)29(7)8)42(44)30-21-22-38-36(25-30)35-15-11-12-20-37(35)43(38,9)10/h11-22,25-29H,23-24H2,1-10H3. The van der Waals surface area contributed by atoms with Crippen LogP contribution in [0.15, 0.2) is 78.9 Å². The highest BCUT2D eigenvalue weighted by molar-refractivity contribution is 6.02. The molecule has 0 aromatic heterocycles. The van der Waals surface area contributed by atoms with E-state index in [-0.39, 0.29) is 23.2 Å². The normalized spacial score (nSPS) is 16.3. The first kappa shape index (κ1) is 32.1. The largest absolute Gasteiger partial charge is 0.340 e. The van der Waals surface area contributed by atoms with Crippen molar-refractivity contribution in [1.82, 2.24) is 0 Å². The van der Waals surface area contributed by atoms with E-state index in [1.807, 2.05) is 0 Å². The number of anilines is 2. The Labute approximate surface area is 277 Å². The third kappa shape index (κ3) is 5.17. The van der Waals surface area contributed by atoms with E-state index in [2.05, 4.69) is 158 Å². The number of benzene rings is 4. The van der Waals surface area contributed by atoms with E-state index >= 15 is 0 Å². The van der Waals surface area contributed by atoms with Crippen LogP contribution >= 0.6 is 0 Å². The van der Waals surface area contributed by atoms with Crippen LogP contribution in [0.5, 0.6) is 0 Å². The van der Waals surface area contributed by atoms with Crippen LogP contribution in [0.1, 0.15) is 138 Å². The molecule has 4 aromatic rings. The van der Waals surface area contributed by atoms with Gasteiger partial charge in [0.05, 0.1) is 5.69 Å². The molecule has 1 heterocycles. The molecule has 1 fully saturated rings. The van der Waals surface area contributed by atoms with E-state index in [0.717, 1.165) is 17.4 Å². The number of carbonyl (C=O) groups is 1. The molecule has 0 atom stereocenters. The number of hydrogen-bond donors (Lipinski definition) is 0. The zero-order chi connectivity index (χ0) is 33.1. The number of carbonyl (C=O) groups excluding carboxylic acids is 1. The Hall–Kier alpha value is -3.85. The van der Waals surface area contributed by atoms with Gasteiger partial charge in [0, 0.05) is 29.6 Å². The van der Waals surface area contributed by atoms with Gasteiger partial charge in [-0.1, -0.05) is 142 Å². The quantitative estimate of drug-likeness (QED) is 0.208. The predicted octanol–water partition coefficient (Wildman–Crippen LogP) is 11.3. The fourth-order valence-electron chi connectivity index (χ4n) is 7.85. The van der Waals surface area contributed by atoms with E-state index in [0.29, 0.717) is 24.8 Å². The van der Waals surface area contributed by atoms with Gasteiger partial charge in [0.15, 0.2) is 6.17 Å².